The van der Waals surface area contributed by atoms with E-state index < -0.39 is 0 Å². The van der Waals surface area contributed by atoms with Crippen LogP contribution in [0.25, 0.3) is 10.9 Å². The van der Waals surface area contributed by atoms with Crippen molar-refractivity contribution in [2.45, 2.75) is 39.8 Å². The Morgan fingerprint density at radius 3 is 2.57 bits per heavy atom. The molecular formula is C17H22N2O2. The van der Waals surface area contributed by atoms with Crippen molar-refractivity contribution in [1.29, 1.82) is 0 Å². The lowest BCUT2D eigenvalue weighted by Gasteiger charge is -2.22. The second kappa shape index (κ2) is 5.82. The van der Waals surface area contributed by atoms with Gasteiger partial charge in [-0.05, 0) is 39.3 Å². The number of methoxy groups -OCH3 is 1. The zero-order chi connectivity index (χ0) is 15.6. The fourth-order valence-corrected chi connectivity index (χ4v) is 2.29. The first-order valence-electron chi connectivity index (χ1n) is 7.05. The quantitative estimate of drug-likeness (QED) is 0.880. The summed E-state index contributed by atoms with van der Waals surface area (Å²) in [6.45, 7) is 8.71. The molecule has 1 aromatic carbocycles. The van der Waals surface area contributed by atoms with Crippen LogP contribution in [0.1, 0.15) is 42.4 Å². The van der Waals surface area contributed by atoms with Crippen LogP contribution < -0.4 is 5.32 Å². The number of pyridine rings is 1. The van der Waals surface area contributed by atoms with Crippen LogP contribution in [0.15, 0.2) is 24.3 Å². The fourth-order valence-electron chi connectivity index (χ4n) is 2.29. The Morgan fingerprint density at radius 1 is 1.29 bits per heavy atom. The number of ether oxygens (including phenoxy) is 1. The normalized spacial score (nSPS) is 11.7. The minimum absolute atomic E-state index is 0.0470. The van der Waals surface area contributed by atoms with Gasteiger partial charge in [-0.25, -0.2) is 4.79 Å². The van der Waals surface area contributed by atoms with E-state index in [4.69, 9.17) is 4.74 Å². The van der Waals surface area contributed by atoms with Gasteiger partial charge < -0.3 is 10.1 Å². The highest BCUT2D eigenvalue weighted by Gasteiger charge is 2.20. The third-order valence-corrected chi connectivity index (χ3v) is 3.40. The van der Waals surface area contributed by atoms with Crippen LogP contribution in [0.2, 0.25) is 0 Å². The molecule has 0 saturated heterocycles. The number of nitrogens with zero attached hydrogens (tertiary/aromatic N) is 1. The van der Waals surface area contributed by atoms with E-state index in [0.29, 0.717) is 12.1 Å². The van der Waals surface area contributed by atoms with Crippen LogP contribution >= 0.6 is 0 Å². The Labute approximate surface area is 125 Å². The molecule has 4 nitrogen and oxygen atoms in total. The number of hydrogen-bond donors (Lipinski definition) is 1. The predicted molar refractivity (Wildman–Crippen MR) is 84.4 cm³/mol. The van der Waals surface area contributed by atoms with Gasteiger partial charge in [-0.2, -0.15) is 0 Å². The summed E-state index contributed by atoms with van der Waals surface area (Å²) in [4.78, 5) is 16.8. The van der Waals surface area contributed by atoms with E-state index in [9.17, 15) is 4.79 Å². The molecule has 1 N–H and O–H groups in total. The van der Waals surface area contributed by atoms with Gasteiger partial charge in [0.2, 0.25) is 0 Å². The summed E-state index contributed by atoms with van der Waals surface area (Å²) < 4.78 is 4.93. The third kappa shape index (κ3) is 3.39. The lowest BCUT2D eigenvalue weighted by atomic mass is 10.0. The van der Waals surface area contributed by atoms with Crippen molar-refractivity contribution >= 4 is 16.9 Å². The van der Waals surface area contributed by atoms with E-state index in [-0.39, 0.29) is 11.5 Å². The molecule has 0 amide bonds. The SMILES string of the molecule is COC(=O)c1c(CNC(C)(C)C)nc2ccccc2c1C. The first kappa shape index (κ1) is 15.4. The Morgan fingerprint density at radius 2 is 1.95 bits per heavy atom. The second-order valence-corrected chi connectivity index (χ2v) is 6.17. The largest absolute Gasteiger partial charge is 0.465 e. The van der Waals surface area contributed by atoms with Crippen molar-refractivity contribution < 1.29 is 9.53 Å². The Balaban J connectivity index is 2.58. The highest BCUT2D eigenvalue weighted by Crippen LogP contribution is 2.24. The van der Waals surface area contributed by atoms with Gasteiger partial charge in [-0.1, -0.05) is 18.2 Å². The number of para-hydroxylation sites is 1. The van der Waals surface area contributed by atoms with Crippen LogP contribution in [0.3, 0.4) is 0 Å². The average Bonchev–Trinajstić information content (AvgIpc) is 2.44. The smallest absolute Gasteiger partial charge is 0.340 e. The number of fused-ring (bicyclic) bond motifs is 1. The molecule has 0 aliphatic carbocycles. The minimum atomic E-state index is -0.337. The van der Waals surface area contributed by atoms with Gasteiger partial charge in [0.1, 0.15) is 0 Å². The van der Waals surface area contributed by atoms with Crippen molar-refractivity contribution in [3.8, 4) is 0 Å². The molecule has 1 aromatic heterocycles. The van der Waals surface area contributed by atoms with E-state index in [2.05, 4.69) is 31.1 Å². The lowest BCUT2D eigenvalue weighted by molar-refractivity contribution is 0.0598. The highest BCUT2D eigenvalue weighted by molar-refractivity contribution is 5.98. The molecule has 4 heteroatoms. The monoisotopic (exact) mass is 286 g/mol. The number of aryl methyl sites for hydroxylation is 1. The standard InChI is InChI=1S/C17H22N2O2/c1-11-12-8-6-7-9-13(12)19-14(10-18-17(2,3)4)15(11)16(20)21-5/h6-9,18H,10H2,1-5H3. The zero-order valence-corrected chi connectivity index (χ0v) is 13.3. The first-order valence-corrected chi connectivity index (χ1v) is 7.05. The molecule has 0 radical (unpaired) electrons. The minimum Gasteiger partial charge on any atom is -0.465 e. The highest BCUT2D eigenvalue weighted by atomic mass is 16.5. The molecule has 1 heterocycles. The number of aromatic nitrogens is 1. The predicted octanol–water partition coefficient (Wildman–Crippen LogP) is 3.22. The van der Waals surface area contributed by atoms with Crippen molar-refractivity contribution in [1.82, 2.24) is 10.3 Å². The molecule has 0 aliphatic heterocycles. The van der Waals surface area contributed by atoms with Crippen LogP contribution in [-0.4, -0.2) is 23.6 Å². The summed E-state index contributed by atoms with van der Waals surface area (Å²) in [6, 6.07) is 7.84. The van der Waals surface area contributed by atoms with Gasteiger partial charge in [0.25, 0.3) is 0 Å². The molecule has 0 atom stereocenters. The number of rotatable bonds is 3. The molecule has 0 bridgehead atoms. The number of carbonyl (C=O) groups excluding carboxylic acids is 1. The number of esters is 1. The molecule has 21 heavy (non-hydrogen) atoms. The second-order valence-electron chi connectivity index (χ2n) is 6.17. The van der Waals surface area contributed by atoms with E-state index in [1.54, 1.807) is 0 Å². The maximum absolute atomic E-state index is 12.1. The van der Waals surface area contributed by atoms with E-state index in [0.717, 1.165) is 22.2 Å². The van der Waals surface area contributed by atoms with Gasteiger partial charge in [-0.3, -0.25) is 4.98 Å². The zero-order valence-electron chi connectivity index (χ0n) is 13.3. The van der Waals surface area contributed by atoms with Crippen LogP contribution in [0.5, 0.6) is 0 Å². The van der Waals surface area contributed by atoms with E-state index >= 15 is 0 Å². The van der Waals surface area contributed by atoms with Gasteiger partial charge in [0, 0.05) is 17.5 Å². The molecule has 0 saturated carbocycles. The molecule has 0 unspecified atom stereocenters. The molecule has 0 spiro atoms. The van der Waals surface area contributed by atoms with Crippen LogP contribution in [0.4, 0.5) is 0 Å². The van der Waals surface area contributed by atoms with E-state index in [1.807, 2.05) is 31.2 Å². The Bertz CT molecular complexity index is 672. The fraction of sp³-hybridized carbons (Fsp3) is 0.412. The molecule has 2 rings (SSSR count). The number of nitrogens with one attached hydrogen (secondary N) is 1. The van der Waals surface area contributed by atoms with Crippen molar-refractivity contribution in [2.75, 3.05) is 7.11 Å². The van der Waals surface area contributed by atoms with Crippen LogP contribution in [-0.2, 0) is 11.3 Å². The number of hydrogen-bond acceptors (Lipinski definition) is 4. The van der Waals surface area contributed by atoms with Crippen molar-refractivity contribution in [3.05, 3.63) is 41.1 Å². The summed E-state index contributed by atoms with van der Waals surface area (Å²) in [5.74, 6) is -0.337. The maximum Gasteiger partial charge on any atom is 0.340 e. The average molecular weight is 286 g/mol. The van der Waals surface area contributed by atoms with Crippen LogP contribution in [0, 0.1) is 6.92 Å². The molecular weight excluding hydrogens is 264 g/mol. The topological polar surface area (TPSA) is 51.2 Å². The number of carbonyl (C=O) groups is 1. The van der Waals surface area contributed by atoms with Gasteiger partial charge >= 0.3 is 5.97 Å². The third-order valence-electron chi connectivity index (χ3n) is 3.40. The summed E-state index contributed by atoms with van der Waals surface area (Å²) >= 11 is 0. The summed E-state index contributed by atoms with van der Waals surface area (Å²) in [6.07, 6.45) is 0. The van der Waals surface area contributed by atoms with Gasteiger partial charge in [0.05, 0.1) is 23.9 Å². The molecule has 0 aliphatic rings. The van der Waals surface area contributed by atoms with Crippen molar-refractivity contribution in [3.63, 3.8) is 0 Å². The van der Waals surface area contributed by atoms with Gasteiger partial charge in [0.15, 0.2) is 0 Å². The summed E-state index contributed by atoms with van der Waals surface area (Å²) in [5.41, 5.74) is 3.06. The Hall–Kier alpha value is -1.94. The lowest BCUT2D eigenvalue weighted by Crippen LogP contribution is -2.36. The first-order chi connectivity index (χ1) is 9.83. The summed E-state index contributed by atoms with van der Waals surface area (Å²) in [5, 5.41) is 4.36. The van der Waals surface area contributed by atoms with E-state index in [1.165, 1.54) is 7.11 Å². The van der Waals surface area contributed by atoms with Crippen molar-refractivity contribution in [2.24, 2.45) is 0 Å². The molecule has 2 aromatic rings. The van der Waals surface area contributed by atoms with Gasteiger partial charge in [-0.15, -0.1) is 0 Å². The molecule has 112 valence electrons. The summed E-state index contributed by atoms with van der Waals surface area (Å²) in [7, 11) is 1.40. The maximum atomic E-state index is 12.1. The molecule has 0 fully saturated rings. The Kier molecular flexibility index (Phi) is 4.28. The number of benzene rings is 1.